The molecule has 1 fully saturated rings. The largest absolute Gasteiger partial charge is 0.573 e. The van der Waals surface area contributed by atoms with Crippen LogP contribution in [0.25, 0.3) is 0 Å². The number of anilines is 1. The molecule has 0 unspecified atom stereocenters. The molecule has 0 bridgehead atoms. The number of carbonyl (C=O) groups excluding carboxylic acids is 2. The highest BCUT2D eigenvalue weighted by atomic mass is 32.1. The summed E-state index contributed by atoms with van der Waals surface area (Å²) in [4.78, 5) is 27.7. The summed E-state index contributed by atoms with van der Waals surface area (Å²) >= 11 is 1.24. The van der Waals surface area contributed by atoms with Crippen molar-refractivity contribution in [3.63, 3.8) is 0 Å². The van der Waals surface area contributed by atoms with E-state index in [4.69, 9.17) is 5.73 Å². The summed E-state index contributed by atoms with van der Waals surface area (Å²) in [6, 6.07) is 7.39. The Hall–Kier alpha value is -2.63. The van der Waals surface area contributed by atoms with Crippen LogP contribution in [0.2, 0.25) is 0 Å². The number of nitrogens with one attached hydrogen (secondary N) is 1. The van der Waals surface area contributed by atoms with E-state index in [1.807, 2.05) is 4.90 Å². The lowest BCUT2D eigenvalue weighted by atomic mass is 10.2. The van der Waals surface area contributed by atoms with Gasteiger partial charge in [-0.1, -0.05) is 12.1 Å². The first-order valence-electron chi connectivity index (χ1n) is 9.16. The number of hydrogen-bond donors (Lipinski definition) is 2. The van der Waals surface area contributed by atoms with Crippen LogP contribution in [0.3, 0.4) is 0 Å². The molecule has 1 aliphatic rings. The fourth-order valence-corrected chi connectivity index (χ4v) is 3.94. The standard InChI is InChI=1S/C19H21F3N4O3S/c20-19(21,22)29-14-3-1-13(2-4-14)11-25-6-8-26(9-7-25)12-16(27)24-18-15(17(23)28)5-10-30-18/h1-5,10H,6-9,11-12H2,(H2,23,28)(H,24,27). The van der Waals surface area contributed by atoms with E-state index >= 15 is 0 Å². The molecule has 2 amide bonds. The average molecular weight is 442 g/mol. The van der Waals surface area contributed by atoms with E-state index in [0.29, 0.717) is 30.2 Å². The Morgan fingerprint density at radius 2 is 1.70 bits per heavy atom. The number of benzene rings is 1. The Balaban J connectivity index is 1.43. The maximum atomic E-state index is 12.3. The number of thiophene rings is 1. The van der Waals surface area contributed by atoms with Crippen molar-refractivity contribution in [1.82, 2.24) is 9.80 Å². The fourth-order valence-electron chi connectivity index (χ4n) is 3.13. The second-order valence-corrected chi connectivity index (χ2v) is 7.74. The van der Waals surface area contributed by atoms with Gasteiger partial charge in [0.15, 0.2) is 0 Å². The van der Waals surface area contributed by atoms with Gasteiger partial charge in [0.1, 0.15) is 10.8 Å². The first-order chi connectivity index (χ1) is 14.2. The Kier molecular flexibility index (Phi) is 6.95. The minimum atomic E-state index is -4.70. The van der Waals surface area contributed by atoms with Crippen LogP contribution < -0.4 is 15.8 Å². The van der Waals surface area contributed by atoms with Crippen LogP contribution in [-0.4, -0.2) is 60.7 Å². The highest BCUT2D eigenvalue weighted by Crippen LogP contribution is 2.24. The molecule has 1 saturated heterocycles. The number of piperazine rings is 1. The monoisotopic (exact) mass is 442 g/mol. The molecular formula is C19H21F3N4O3S. The number of primary amides is 1. The van der Waals surface area contributed by atoms with Crippen LogP contribution in [-0.2, 0) is 11.3 Å². The second kappa shape index (κ2) is 9.45. The van der Waals surface area contributed by atoms with Crippen LogP contribution in [0.1, 0.15) is 15.9 Å². The van der Waals surface area contributed by atoms with E-state index in [0.717, 1.165) is 18.7 Å². The van der Waals surface area contributed by atoms with Crippen LogP contribution in [0.15, 0.2) is 35.7 Å². The lowest BCUT2D eigenvalue weighted by Crippen LogP contribution is -2.48. The minimum absolute atomic E-state index is 0.202. The molecule has 11 heteroatoms. The van der Waals surface area contributed by atoms with Crippen LogP contribution in [0.4, 0.5) is 18.2 Å². The van der Waals surface area contributed by atoms with Gasteiger partial charge in [-0.15, -0.1) is 24.5 Å². The number of nitrogens with zero attached hydrogens (tertiary/aromatic N) is 2. The Morgan fingerprint density at radius 1 is 1.07 bits per heavy atom. The summed E-state index contributed by atoms with van der Waals surface area (Å²) in [7, 11) is 0. The SMILES string of the molecule is NC(=O)c1ccsc1NC(=O)CN1CCN(Cc2ccc(OC(F)(F)F)cc2)CC1. The smallest absolute Gasteiger partial charge is 0.406 e. The van der Waals surface area contributed by atoms with E-state index in [1.54, 1.807) is 23.6 Å². The molecule has 30 heavy (non-hydrogen) atoms. The zero-order valence-electron chi connectivity index (χ0n) is 15.9. The van der Waals surface area contributed by atoms with Crippen LogP contribution in [0, 0.1) is 0 Å². The molecule has 1 aliphatic heterocycles. The van der Waals surface area contributed by atoms with Crippen LogP contribution in [0.5, 0.6) is 5.75 Å². The van der Waals surface area contributed by atoms with Gasteiger partial charge in [-0.05, 0) is 29.1 Å². The molecule has 3 N–H and O–H groups in total. The fraction of sp³-hybridized carbons (Fsp3) is 0.368. The van der Waals surface area contributed by atoms with Crippen molar-refractivity contribution in [2.45, 2.75) is 12.9 Å². The molecule has 0 saturated carbocycles. The minimum Gasteiger partial charge on any atom is -0.406 e. The molecule has 2 heterocycles. The molecule has 3 rings (SSSR count). The molecule has 2 aromatic rings. The molecule has 7 nitrogen and oxygen atoms in total. The Morgan fingerprint density at radius 3 is 2.30 bits per heavy atom. The van der Waals surface area contributed by atoms with E-state index < -0.39 is 12.3 Å². The highest BCUT2D eigenvalue weighted by Gasteiger charge is 2.31. The third-order valence-electron chi connectivity index (χ3n) is 4.58. The van der Waals surface area contributed by atoms with Gasteiger partial charge in [0.05, 0.1) is 12.1 Å². The molecule has 1 aromatic heterocycles. The van der Waals surface area contributed by atoms with Crippen molar-refractivity contribution in [1.29, 1.82) is 0 Å². The van der Waals surface area contributed by atoms with Gasteiger partial charge in [-0.3, -0.25) is 19.4 Å². The van der Waals surface area contributed by atoms with Gasteiger partial charge in [-0.2, -0.15) is 0 Å². The van der Waals surface area contributed by atoms with Crippen molar-refractivity contribution in [2.75, 3.05) is 38.0 Å². The maximum absolute atomic E-state index is 12.3. The molecule has 1 aromatic carbocycles. The van der Waals surface area contributed by atoms with Gasteiger partial charge in [-0.25, -0.2) is 0 Å². The quantitative estimate of drug-likeness (QED) is 0.688. The first kappa shape index (κ1) is 22.1. The van der Waals surface area contributed by atoms with E-state index in [9.17, 15) is 22.8 Å². The number of rotatable bonds is 7. The van der Waals surface area contributed by atoms with Crippen molar-refractivity contribution in [2.24, 2.45) is 5.73 Å². The van der Waals surface area contributed by atoms with Gasteiger partial charge in [0.2, 0.25) is 5.91 Å². The number of amides is 2. The molecule has 0 spiro atoms. The van der Waals surface area contributed by atoms with Gasteiger partial charge in [0.25, 0.3) is 5.91 Å². The number of hydrogen-bond acceptors (Lipinski definition) is 6. The second-order valence-electron chi connectivity index (χ2n) is 6.82. The topological polar surface area (TPSA) is 87.9 Å². The molecule has 162 valence electrons. The maximum Gasteiger partial charge on any atom is 0.573 e. The third kappa shape index (κ3) is 6.44. The summed E-state index contributed by atoms with van der Waals surface area (Å²) in [6.07, 6.45) is -4.70. The normalized spacial score (nSPS) is 15.7. The number of ether oxygens (including phenoxy) is 1. The highest BCUT2D eigenvalue weighted by molar-refractivity contribution is 7.14. The Bertz CT molecular complexity index is 878. The Labute approximate surface area is 175 Å². The number of halogens is 3. The summed E-state index contributed by atoms with van der Waals surface area (Å²) < 4.78 is 40.5. The predicted octanol–water partition coefficient (Wildman–Crippen LogP) is 2.50. The third-order valence-corrected chi connectivity index (χ3v) is 5.41. The van der Waals surface area contributed by atoms with Crippen molar-refractivity contribution in [3.8, 4) is 5.75 Å². The molecular weight excluding hydrogens is 421 g/mol. The number of carbonyl (C=O) groups is 2. The zero-order chi connectivity index (χ0) is 21.7. The average Bonchev–Trinajstić information content (AvgIpc) is 3.12. The van der Waals surface area contributed by atoms with E-state index in [2.05, 4.69) is 15.0 Å². The van der Waals surface area contributed by atoms with Crippen LogP contribution >= 0.6 is 11.3 Å². The summed E-state index contributed by atoms with van der Waals surface area (Å²) in [6.45, 7) is 3.60. The van der Waals surface area contributed by atoms with Gasteiger partial charge in [0, 0.05) is 32.7 Å². The number of nitrogens with two attached hydrogens (primary N) is 1. The lowest BCUT2D eigenvalue weighted by molar-refractivity contribution is -0.274. The van der Waals surface area contributed by atoms with Crippen molar-refractivity contribution in [3.05, 3.63) is 46.8 Å². The van der Waals surface area contributed by atoms with Gasteiger partial charge < -0.3 is 15.8 Å². The summed E-state index contributed by atoms with van der Waals surface area (Å²) in [5.41, 5.74) is 6.45. The summed E-state index contributed by atoms with van der Waals surface area (Å²) in [5.74, 6) is -1.04. The van der Waals surface area contributed by atoms with Gasteiger partial charge >= 0.3 is 6.36 Å². The van der Waals surface area contributed by atoms with E-state index in [-0.39, 0.29) is 18.2 Å². The molecule has 0 atom stereocenters. The van der Waals surface area contributed by atoms with Crippen molar-refractivity contribution < 1.29 is 27.5 Å². The molecule has 0 radical (unpaired) electrons. The van der Waals surface area contributed by atoms with E-state index in [1.165, 1.54) is 23.5 Å². The predicted molar refractivity (Wildman–Crippen MR) is 106 cm³/mol. The number of alkyl halides is 3. The zero-order valence-corrected chi connectivity index (χ0v) is 16.8. The summed E-state index contributed by atoms with van der Waals surface area (Å²) in [5, 5.41) is 4.86. The van der Waals surface area contributed by atoms with Crippen molar-refractivity contribution >= 4 is 28.2 Å². The first-order valence-corrected chi connectivity index (χ1v) is 10.0. The molecule has 0 aliphatic carbocycles. The lowest BCUT2D eigenvalue weighted by Gasteiger charge is -2.34.